The van der Waals surface area contributed by atoms with Crippen molar-refractivity contribution in [1.82, 2.24) is 4.72 Å². The van der Waals surface area contributed by atoms with Gasteiger partial charge in [0.1, 0.15) is 0 Å². The Morgan fingerprint density at radius 2 is 1.81 bits per heavy atom. The van der Waals surface area contributed by atoms with Crippen LogP contribution in [0.2, 0.25) is 0 Å². The number of hydrogen-bond donors (Lipinski definition) is 1. The van der Waals surface area contributed by atoms with Crippen molar-refractivity contribution >= 4 is 33.2 Å². The van der Waals surface area contributed by atoms with Crippen LogP contribution >= 0.6 is 23.2 Å². The molecule has 0 aromatic rings. The SMILES string of the molecule is CCOCCS(=O)(=O)NC(CC)(CCl)CCl. The zero-order valence-corrected chi connectivity index (χ0v) is 12.0. The topological polar surface area (TPSA) is 55.4 Å². The van der Waals surface area contributed by atoms with E-state index in [0.29, 0.717) is 13.0 Å². The lowest BCUT2D eigenvalue weighted by molar-refractivity contribution is 0.163. The summed E-state index contributed by atoms with van der Waals surface area (Å²) >= 11 is 11.5. The highest BCUT2D eigenvalue weighted by Crippen LogP contribution is 2.16. The normalized spacial score (nSPS) is 13.0. The molecule has 4 nitrogen and oxygen atoms in total. The van der Waals surface area contributed by atoms with Crippen LogP contribution in [0, 0.1) is 0 Å². The van der Waals surface area contributed by atoms with Crippen LogP contribution in [0.4, 0.5) is 0 Å². The molecule has 0 rings (SSSR count). The molecule has 0 heterocycles. The van der Waals surface area contributed by atoms with Gasteiger partial charge in [-0.1, -0.05) is 6.92 Å². The second-order valence-corrected chi connectivity index (χ2v) is 5.90. The molecule has 0 aromatic carbocycles. The largest absolute Gasteiger partial charge is 0.381 e. The number of nitrogens with one attached hydrogen (secondary N) is 1. The molecule has 0 bridgehead atoms. The van der Waals surface area contributed by atoms with Crippen molar-refractivity contribution in [1.29, 1.82) is 0 Å². The summed E-state index contributed by atoms with van der Waals surface area (Å²) in [5, 5.41) is 0. The number of halogens is 2. The predicted octanol–water partition coefficient (Wildman–Crippen LogP) is 1.57. The third-order valence-electron chi connectivity index (χ3n) is 2.26. The van der Waals surface area contributed by atoms with Crippen LogP contribution in [-0.4, -0.2) is 44.7 Å². The maximum Gasteiger partial charge on any atom is 0.214 e. The van der Waals surface area contributed by atoms with E-state index in [-0.39, 0.29) is 24.1 Å². The maximum absolute atomic E-state index is 11.7. The molecular weight excluding hydrogens is 273 g/mol. The van der Waals surface area contributed by atoms with E-state index in [1.807, 2.05) is 13.8 Å². The third-order valence-corrected chi connectivity index (χ3v) is 4.73. The van der Waals surface area contributed by atoms with E-state index >= 15 is 0 Å². The summed E-state index contributed by atoms with van der Waals surface area (Å²) in [6.45, 7) is 4.33. The minimum Gasteiger partial charge on any atom is -0.381 e. The molecule has 0 aliphatic rings. The van der Waals surface area contributed by atoms with Gasteiger partial charge in [0.05, 0.1) is 17.9 Å². The Bertz CT molecular complexity index is 270. The molecule has 0 amide bonds. The van der Waals surface area contributed by atoms with Gasteiger partial charge in [-0.15, -0.1) is 23.2 Å². The smallest absolute Gasteiger partial charge is 0.214 e. The van der Waals surface area contributed by atoms with Gasteiger partial charge in [-0.2, -0.15) is 0 Å². The summed E-state index contributed by atoms with van der Waals surface area (Å²) in [4.78, 5) is 0. The van der Waals surface area contributed by atoms with E-state index < -0.39 is 15.6 Å². The molecule has 0 radical (unpaired) electrons. The Morgan fingerprint density at radius 3 is 2.19 bits per heavy atom. The molecule has 0 saturated heterocycles. The summed E-state index contributed by atoms with van der Waals surface area (Å²) in [5.41, 5.74) is -0.756. The zero-order valence-electron chi connectivity index (χ0n) is 9.63. The van der Waals surface area contributed by atoms with Gasteiger partial charge in [-0.05, 0) is 13.3 Å². The zero-order chi connectivity index (χ0) is 12.7. The Morgan fingerprint density at radius 1 is 1.25 bits per heavy atom. The average Bonchev–Trinajstić information content (AvgIpc) is 2.26. The second kappa shape index (κ2) is 7.71. The predicted molar refractivity (Wildman–Crippen MR) is 67.9 cm³/mol. The van der Waals surface area contributed by atoms with Crippen molar-refractivity contribution in [2.24, 2.45) is 0 Å². The van der Waals surface area contributed by atoms with Crippen LogP contribution in [0.25, 0.3) is 0 Å². The molecule has 0 unspecified atom stereocenters. The number of sulfonamides is 1. The number of rotatable bonds is 9. The van der Waals surface area contributed by atoms with Crippen LogP contribution in [0.15, 0.2) is 0 Å². The number of alkyl halides is 2. The van der Waals surface area contributed by atoms with E-state index in [1.54, 1.807) is 0 Å². The fourth-order valence-electron chi connectivity index (χ4n) is 1.05. The van der Waals surface area contributed by atoms with Crippen LogP contribution in [0.5, 0.6) is 0 Å². The molecule has 1 N–H and O–H groups in total. The first-order valence-corrected chi connectivity index (χ1v) is 7.88. The van der Waals surface area contributed by atoms with Gasteiger partial charge in [-0.25, -0.2) is 13.1 Å². The van der Waals surface area contributed by atoms with Crippen LogP contribution in [-0.2, 0) is 14.8 Å². The first kappa shape index (κ1) is 16.4. The molecule has 0 aliphatic heterocycles. The molecule has 0 fully saturated rings. The van der Waals surface area contributed by atoms with Crippen molar-refractivity contribution in [2.45, 2.75) is 25.8 Å². The van der Waals surface area contributed by atoms with E-state index in [2.05, 4.69) is 4.72 Å². The lowest BCUT2D eigenvalue weighted by atomic mass is 10.0. The number of ether oxygens (including phenoxy) is 1. The van der Waals surface area contributed by atoms with Crippen molar-refractivity contribution < 1.29 is 13.2 Å². The lowest BCUT2D eigenvalue weighted by Gasteiger charge is -2.28. The summed E-state index contributed by atoms with van der Waals surface area (Å²) in [5.74, 6) is 0.234. The summed E-state index contributed by atoms with van der Waals surface area (Å²) < 4.78 is 30.9. The Kier molecular flexibility index (Phi) is 7.93. The maximum atomic E-state index is 11.7. The molecule has 0 atom stereocenters. The van der Waals surface area contributed by atoms with Gasteiger partial charge >= 0.3 is 0 Å². The fourth-order valence-corrected chi connectivity index (χ4v) is 3.39. The molecule has 0 spiro atoms. The summed E-state index contributed by atoms with van der Waals surface area (Å²) in [6.07, 6.45) is 0.549. The van der Waals surface area contributed by atoms with Crippen molar-refractivity contribution in [3.63, 3.8) is 0 Å². The van der Waals surface area contributed by atoms with E-state index in [0.717, 1.165) is 0 Å². The van der Waals surface area contributed by atoms with Crippen LogP contribution in [0.3, 0.4) is 0 Å². The Hall–Kier alpha value is 0.450. The lowest BCUT2D eigenvalue weighted by Crippen LogP contribution is -2.52. The Labute approximate surface area is 108 Å². The third kappa shape index (κ3) is 5.68. The quantitative estimate of drug-likeness (QED) is 0.518. The van der Waals surface area contributed by atoms with Crippen molar-refractivity contribution in [3.8, 4) is 0 Å². The molecule has 98 valence electrons. The average molecular weight is 292 g/mol. The van der Waals surface area contributed by atoms with Gasteiger partial charge in [-0.3, -0.25) is 0 Å². The Balaban J connectivity index is 4.42. The van der Waals surface area contributed by atoms with Gasteiger partial charge in [0, 0.05) is 18.4 Å². The van der Waals surface area contributed by atoms with Crippen LogP contribution < -0.4 is 4.72 Å². The highest BCUT2D eigenvalue weighted by molar-refractivity contribution is 7.89. The molecular formula is C9H19Cl2NO3S. The van der Waals surface area contributed by atoms with E-state index in [9.17, 15) is 8.42 Å². The van der Waals surface area contributed by atoms with Crippen molar-refractivity contribution in [3.05, 3.63) is 0 Å². The highest BCUT2D eigenvalue weighted by atomic mass is 35.5. The minimum absolute atomic E-state index is 0.0730. The molecule has 0 saturated carbocycles. The highest BCUT2D eigenvalue weighted by Gasteiger charge is 2.31. The molecule has 16 heavy (non-hydrogen) atoms. The number of hydrogen-bond acceptors (Lipinski definition) is 3. The van der Waals surface area contributed by atoms with Crippen molar-refractivity contribution in [2.75, 3.05) is 30.7 Å². The second-order valence-electron chi connectivity index (χ2n) is 3.52. The first-order chi connectivity index (χ1) is 7.45. The standard InChI is InChI=1S/C9H19Cl2NO3S/c1-3-9(7-10,8-11)12-16(13,14)6-5-15-4-2/h12H,3-8H2,1-2H3. The van der Waals surface area contributed by atoms with Gasteiger partial charge < -0.3 is 4.74 Å². The molecule has 0 aliphatic carbocycles. The van der Waals surface area contributed by atoms with E-state index in [1.165, 1.54) is 0 Å². The fraction of sp³-hybridized carbons (Fsp3) is 1.00. The minimum atomic E-state index is -3.39. The van der Waals surface area contributed by atoms with E-state index in [4.69, 9.17) is 27.9 Å². The first-order valence-electron chi connectivity index (χ1n) is 5.16. The van der Waals surface area contributed by atoms with Gasteiger partial charge in [0.25, 0.3) is 0 Å². The summed E-state index contributed by atoms with van der Waals surface area (Å²) in [6, 6.07) is 0. The van der Waals surface area contributed by atoms with Gasteiger partial charge in [0.15, 0.2) is 0 Å². The monoisotopic (exact) mass is 291 g/mol. The molecule has 7 heteroatoms. The molecule has 0 aromatic heterocycles. The van der Waals surface area contributed by atoms with Crippen LogP contribution in [0.1, 0.15) is 20.3 Å². The van der Waals surface area contributed by atoms with Gasteiger partial charge in [0.2, 0.25) is 10.0 Å². The summed E-state index contributed by atoms with van der Waals surface area (Å²) in [7, 11) is -3.39.